The zero-order valence-corrected chi connectivity index (χ0v) is 13.2. The van der Waals surface area contributed by atoms with E-state index in [1.165, 1.54) is 11.9 Å². The standard InChI is InChI=1S/C16H21N3O4/c1-18(16(17)21)10-15(20)19-6-2-3-12(19)11-4-5-13-14(9-11)23-8-7-22-13/h4-5,9,12H,2-3,6-8,10H2,1H3,(H2,17,21)/t12-/m0/s1. The number of rotatable bonds is 3. The van der Waals surface area contributed by atoms with Crippen molar-refractivity contribution in [1.82, 2.24) is 9.80 Å². The molecular weight excluding hydrogens is 298 g/mol. The Morgan fingerprint density at radius 3 is 2.78 bits per heavy atom. The third kappa shape index (κ3) is 3.18. The molecule has 1 atom stereocenters. The summed E-state index contributed by atoms with van der Waals surface area (Å²) in [6.07, 6.45) is 1.83. The third-order valence-corrected chi connectivity index (χ3v) is 4.27. The molecule has 1 aromatic rings. The molecular formula is C16H21N3O4. The highest BCUT2D eigenvalue weighted by Gasteiger charge is 2.31. The molecule has 2 aliphatic rings. The van der Waals surface area contributed by atoms with Crippen molar-refractivity contribution < 1.29 is 19.1 Å². The normalized spacial score (nSPS) is 19.5. The van der Waals surface area contributed by atoms with Crippen LogP contribution in [0, 0.1) is 0 Å². The zero-order valence-electron chi connectivity index (χ0n) is 13.2. The molecule has 0 aromatic heterocycles. The van der Waals surface area contributed by atoms with E-state index < -0.39 is 6.03 Å². The molecule has 3 rings (SSSR count). The zero-order chi connectivity index (χ0) is 16.4. The van der Waals surface area contributed by atoms with Crippen molar-refractivity contribution in [3.8, 4) is 11.5 Å². The second-order valence-electron chi connectivity index (χ2n) is 5.84. The maximum absolute atomic E-state index is 12.5. The number of carbonyl (C=O) groups is 2. The van der Waals surface area contributed by atoms with Crippen LogP contribution in [0.1, 0.15) is 24.4 Å². The van der Waals surface area contributed by atoms with Gasteiger partial charge in [0.25, 0.3) is 0 Å². The lowest BCUT2D eigenvalue weighted by molar-refractivity contribution is -0.132. The summed E-state index contributed by atoms with van der Waals surface area (Å²) in [7, 11) is 1.52. The van der Waals surface area contributed by atoms with E-state index in [1.807, 2.05) is 23.1 Å². The number of hydrogen-bond acceptors (Lipinski definition) is 4. The smallest absolute Gasteiger partial charge is 0.314 e. The van der Waals surface area contributed by atoms with Gasteiger partial charge in [-0.1, -0.05) is 6.07 Å². The van der Waals surface area contributed by atoms with E-state index in [4.69, 9.17) is 15.2 Å². The minimum absolute atomic E-state index is 0.000368. The van der Waals surface area contributed by atoms with Crippen molar-refractivity contribution in [1.29, 1.82) is 0 Å². The Morgan fingerprint density at radius 2 is 2.04 bits per heavy atom. The van der Waals surface area contributed by atoms with Crippen LogP contribution in [0.25, 0.3) is 0 Å². The SMILES string of the molecule is CN(CC(=O)N1CCC[C@H]1c1ccc2c(c1)OCCO2)C(N)=O. The molecule has 124 valence electrons. The van der Waals surface area contributed by atoms with Gasteiger partial charge in [-0.05, 0) is 30.5 Å². The van der Waals surface area contributed by atoms with Crippen molar-refractivity contribution in [2.75, 3.05) is 33.4 Å². The van der Waals surface area contributed by atoms with Gasteiger partial charge in [0, 0.05) is 13.6 Å². The van der Waals surface area contributed by atoms with E-state index in [-0.39, 0.29) is 18.5 Å². The number of nitrogens with two attached hydrogens (primary N) is 1. The molecule has 0 unspecified atom stereocenters. The number of amides is 3. The van der Waals surface area contributed by atoms with Gasteiger partial charge in [0.2, 0.25) is 5.91 Å². The molecule has 0 bridgehead atoms. The average molecular weight is 319 g/mol. The third-order valence-electron chi connectivity index (χ3n) is 4.27. The summed E-state index contributed by atoms with van der Waals surface area (Å²) in [4.78, 5) is 26.6. The number of hydrogen-bond donors (Lipinski definition) is 1. The molecule has 0 radical (unpaired) electrons. The molecule has 1 aromatic carbocycles. The molecule has 2 heterocycles. The van der Waals surface area contributed by atoms with Crippen LogP contribution in [-0.2, 0) is 4.79 Å². The van der Waals surface area contributed by atoms with Crippen molar-refractivity contribution >= 4 is 11.9 Å². The number of nitrogens with zero attached hydrogens (tertiary/aromatic N) is 2. The first kappa shape index (κ1) is 15.5. The number of likely N-dealkylation sites (N-methyl/N-ethyl adjacent to an activating group) is 1. The summed E-state index contributed by atoms with van der Waals surface area (Å²) in [5.74, 6) is 1.37. The predicted molar refractivity (Wildman–Crippen MR) is 83.3 cm³/mol. The Hall–Kier alpha value is -2.44. The molecule has 0 spiro atoms. The lowest BCUT2D eigenvalue weighted by atomic mass is 10.0. The molecule has 7 nitrogen and oxygen atoms in total. The second kappa shape index (κ2) is 6.36. The lowest BCUT2D eigenvalue weighted by Gasteiger charge is -2.28. The molecule has 0 aliphatic carbocycles. The number of fused-ring (bicyclic) bond motifs is 1. The van der Waals surface area contributed by atoms with Crippen LogP contribution in [0.5, 0.6) is 11.5 Å². The molecule has 1 saturated heterocycles. The maximum Gasteiger partial charge on any atom is 0.314 e. The van der Waals surface area contributed by atoms with E-state index in [9.17, 15) is 9.59 Å². The Bertz CT molecular complexity index is 619. The first-order valence-corrected chi connectivity index (χ1v) is 7.76. The second-order valence-corrected chi connectivity index (χ2v) is 5.84. The molecule has 23 heavy (non-hydrogen) atoms. The highest BCUT2D eigenvalue weighted by Crippen LogP contribution is 2.38. The fourth-order valence-electron chi connectivity index (χ4n) is 3.05. The fraction of sp³-hybridized carbons (Fsp3) is 0.500. The van der Waals surface area contributed by atoms with Crippen molar-refractivity contribution in [2.45, 2.75) is 18.9 Å². The molecule has 2 N–H and O–H groups in total. The van der Waals surface area contributed by atoms with Gasteiger partial charge < -0.3 is 25.0 Å². The van der Waals surface area contributed by atoms with E-state index in [2.05, 4.69) is 0 Å². The summed E-state index contributed by atoms with van der Waals surface area (Å²) in [6.45, 7) is 1.77. The summed E-state index contributed by atoms with van der Waals surface area (Å²) in [5.41, 5.74) is 6.22. The molecule has 2 aliphatic heterocycles. The van der Waals surface area contributed by atoms with Crippen LogP contribution < -0.4 is 15.2 Å². The first-order valence-electron chi connectivity index (χ1n) is 7.76. The van der Waals surface area contributed by atoms with Gasteiger partial charge in [0.15, 0.2) is 11.5 Å². The Kier molecular flexibility index (Phi) is 4.27. The van der Waals surface area contributed by atoms with E-state index in [0.717, 1.165) is 29.9 Å². The van der Waals surface area contributed by atoms with Crippen LogP contribution >= 0.6 is 0 Å². The molecule has 1 fully saturated rings. The molecule has 0 saturated carbocycles. The van der Waals surface area contributed by atoms with Crippen molar-refractivity contribution in [2.24, 2.45) is 5.73 Å². The van der Waals surface area contributed by atoms with Crippen LogP contribution in [-0.4, -0.2) is 55.1 Å². The summed E-state index contributed by atoms with van der Waals surface area (Å²) >= 11 is 0. The van der Waals surface area contributed by atoms with E-state index >= 15 is 0 Å². The van der Waals surface area contributed by atoms with Gasteiger partial charge in [-0.3, -0.25) is 4.79 Å². The van der Waals surface area contributed by atoms with Crippen LogP contribution in [0.15, 0.2) is 18.2 Å². The summed E-state index contributed by atoms with van der Waals surface area (Å²) in [6, 6.07) is 5.21. The number of likely N-dealkylation sites (tertiary alicyclic amines) is 1. The Labute approximate surface area is 134 Å². The minimum atomic E-state index is -0.603. The van der Waals surface area contributed by atoms with Crippen molar-refractivity contribution in [3.63, 3.8) is 0 Å². The Balaban J connectivity index is 1.76. The molecule has 3 amide bonds. The van der Waals surface area contributed by atoms with Crippen molar-refractivity contribution in [3.05, 3.63) is 23.8 Å². The molecule has 7 heteroatoms. The largest absolute Gasteiger partial charge is 0.486 e. The van der Waals surface area contributed by atoms with Crippen LogP contribution in [0.3, 0.4) is 0 Å². The predicted octanol–water partition coefficient (Wildman–Crippen LogP) is 1.13. The number of carbonyl (C=O) groups excluding carboxylic acids is 2. The maximum atomic E-state index is 12.5. The van der Waals surface area contributed by atoms with Gasteiger partial charge >= 0.3 is 6.03 Å². The van der Waals surface area contributed by atoms with Crippen LogP contribution in [0.4, 0.5) is 4.79 Å². The van der Waals surface area contributed by atoms with E-state index in [0.29, 0.717) is 19.8 Å². The van der Waals surface area contributed by atoms with Gasteiger partial charge in [-0.2, -0.15) is 0 Å². The number of benzene rings is 1. The summed E-state index contributed by atoms with van der Waals surface area (Å²) in [5, 5.41) is 0. The topological polar surface area (TPSA) is 85.1 Å². The summed E-state index contributed by atoms with van der Waals surface area (Å²) < 4.78 is 11.1. The van der Waals surface area contributed by atoms with Gasteiger partial charge in [0.05, 0.1) is 6.04 Å². The first-order chi connectivity index (χ1) is 11.1. The number of urea groups is 1. The lowest BCUT2D eigenvalue weighted by Crippen LogP contribution is -2.42. The van der Waals surface area contributed by atoms with Gasteiger partial charge in [-0.25, -0.2) is 4.79 Å². The highest BCUT2D eigenvalue weighted by atomic mass is 16.6. The van der Waals surface area contributed by atoms with Gasteiger partial charge in [-0.15, -0.1) is 0 Å². The fourth-order valence-corrected chi connectivity index (χ4v) is 3.05. The highest BCUT2D eigenvalue weighted by molar-refractivity contribution is 5.83. The van der Waals surface area contributed by atoms with Crippen LogP contribution in [0.2, 0.25) is 0 Å². The number of ether oxygens (including phenoxy) is 2. The Morgan fingerprint density at radius 1 is 1.30 bits per heavy atom. The number of primary amides is 1. The average Bonchev–Trinajstić information content (AvgIpc) is 3.04. The van der Waals surface area contributed by atoms with E-state index in [1.54, 1.807) is 0 Å². The quantitative estimate of drug-likeness (QED) is 0.905. The van der Waals surface area contributed by atoms with Gasteiger partial charge in [0.1, 0.15) is 19.8 Å². The monoisotopic (exact) mass is 319 g/mol. The minimum Gasteiger partial charge on any atom is -0.486 e.